The fraction of sp³-hybridized carbons (Fsp3) is 0.462. The average molecular weight is 250 g/mol. The molecule has 1 aliphatic rings. The number of benzene rings is 1. The van der Waals surface area contributed by atoms with Crippen molar-refractivity contribution in [1.29, 1.82) is 0 Å². The highest BCUT2D eigenvalue weighted by molar-refractivity contribution is 5.97. The summed E-state index contributed by atoms with van der Waals surface area (Å²) >= 11 is 0. The van der Waals surface area contributed by atoms with E-state index in [2.05, 4.69) is 5.32 Å². The molecule has 1 aromatic carbocycles. The van der Waals surface area contributed by atoms with E-state index in [9.17, 15) is 4.79 Å². The van der Waals surface area contributed by atoms with Crippen LogP contribution >= 0.6 is 0 Å². The van der Waals surface area contributed by atoms with E-state index in [1.54, 1.807) is 7.11 Å². The maximum absolute atomic E-state index is 12.2. The van der Waals surface area contributed by atoms with Crippen LogP contribution in [0.15, 0.2) is 18.2 Å². The van der Waals surface area contributed by atoms with Crippen molar-refractivity contribution in [2.45, 2.75) is 6.92 Å². The van der Waals surface area contributed by atoms with Gasteiger partial charge in [-0.25, -0.2) is 0 Å². The van der Waals surface area contributed by atoms with E-state index in [0.29, 0.717) is 24.7 Å². The third-order valence-corrected chi connectivity index (χ3v) is 3.23. The zero-order valence-corrected chi connectivity index (χ0v) is 10.7. The molecule has 0 saturated carbocycles. The summed E-state index contributed by atoms with van der Waals surface area (Å²) in [5, 5.41) is 2.87. The van der Waals surface area contributed by atoms with Crippen molar-refractivity contribution in [1.82, 2.24) is 0 Å². The van der Waals surface area contributed by atoms with Crippen LogP contribution in [0.2, 0.25) is 0 Å². The summed E-state index contributed by atoms with van der Waals surface area (Å²) in [6.45, 7) is 3.00. The lowest BCUT2D eigenvalue weighted by molar-refractivity contribution is -0.153. The third-order valence-electron chi connectivity index (χ3n) is 3.23. The van der Waals surface area contributed by atoms with Crippen LogP contribution in [-0.4, -0.2) is 32.8 Å². The van der Waals surface area contributed by atoms with Gasteiger partial charge in [0.1, 0.15) is 11.2 Å². The second-order valence-electron chi connectivity index (χ2n) is 4.64. The zero-order chi connectivity index (χ0) is 13.2. The van der Waals surface area contributed by atoms with E-state index in [1.165, 1.54) is 0 Å². The number of anilines is 1. The molecule has 18 heavy (non-hydrogen) atoms. The molecule has 0 radical (unpaired) electrons. The van der Waals surface area contributed by atoms with Gasteiger partial charge in [0, 0.05) is 6.54 Å². The molecule has 0 aromatic heterocycles. The quantitative estimate of drug-likeness (QED) is 0.833. The summed E-state index contributed by atoms with van der Waals surface area (Å²) in [6.07, 6.45) is 0. The molecule has 5 nitrogen and oxygen atoms in total. The summed E-state index contributed by atoms with van der Waals surface area (Å²) < 4.78 is 10.3. The third kappa shape index (κ3) is 2.19. The van der Waals surface area contributed by atoms with Gasteiger partial charge < -0.3 is 20.5 Å². The smallest absolute Gasteiger partial charge is 0.236 e. The van der Waals surface area contributed by atoms with Gasteiger partial charge in [0.05, 0.1) is 26.0 Å². The van der Waals surface area contributed by atoms with Gasteiger partial charge in [-0.15, -0.1) is 0 Å². The van der Waals surface area contributed by atoms with Crippen molar-refractivity contribution in [2.24, 2.45) is 11.1 Å². The first-order valence-corrected chi connectivity index (χ1v) is 5.85. The van der Waals surface area contributed by atoms with Crippen LogP contribution in [0.5, 0.6) is 5.75 Å². The van der Waals surface area contributed by atoms with Gasteiger partial charge in [0.25, 0.3) is 0 Å². The fourth-order valence-electron chi connectivity index (χ4n) is 1.86. The lowest BCUT2D eigenvalue weighted by atomic mass is 9.85. The Labute approximate surface area is 106 Å². The van der Waals surface area contributed by atoms with Crippen LogP contribution in [0.3, 0.4) is 0 Å². The number of carbonyl (C=O) groups excluding carboxylic acids is 1. The molecule has 5 heteroatoms. The number of hydrogen-bond donors (Lipinski definition) is 2. The maximum Gasteiger partial charge on any atom is 0.236 e. The van der Waals surface area contributed by atoms with E-state index in [1.807, 2.05) is 25.1 Å². The monoisotopic (exact) mass is 250 g/mol. The molecule has 1 saturated heterocycles. The van der Waals surface area contributed by atoms with Crippen molar-refractivity contribution in [3.63, 3.8) is 0 Å². The van der Waals surface area contributed by atoms with Crippen LogP contribution in [0, 0.1) is 12.3 Å². The first-order chi connectivity index (χ1) is 8.61. The topological polar surface area (TPSA) is 73.6 Å². The number of hydrogen-bond acceptors (Lipinski definition) is 4. The minimum absolute atomic E-state index is 0.111. The molecule has 0 unspecified atom stereocenters. The Kier molecular flexibility index (Phi) is 3.54. The molecule has 0 bridgehead atoms. The Hall–Kier alpha value is -1.59. The second kappa shape index (κ2) is 4.96. The van der Waals surface area contributed by atoms with E-state index >= 15 is 0 Å². The minimum atomic E-state index is -0.589. The number of ether oxygens (including phenoxy) is 2. The van der Waals surface area contributed by atoms with E-state index < -0.39 is 5.41 Å². The Morgan fingerprint density at radius 2 is 2.28 bits per heavy atom. The first kappa shape index (κ1) is 12.9. The van der Waals surface area contributed by atoms with Crippen LogP contribution < -0.4 is 15.8 Å². The Morgan fingerprint density at radius 3 is 2.78 bits per heavy atom. The summed E-state index contributed by atoms with van der Waals surface area (Å²) in [7, 11) is 1.57. The number of aryl methyl sites for hydroxylation is 1. The Morgan fingerprint density at radius 1 is 1.56 bits per heavy atom. The number of nitrogens with one attached hydrogen (secondary N) is 1. The molecular weight excluding hydrogens is 232 g/mol. The highest BCUT2D eigenvalue weighted by Gasteiger charge is 2.44. The SMILES string of the molecule is COc1ccc(C)cc1NC(=O)C1(CN)COC1. The van der Waals surface area contributed by atoms with Crippen molar-refractivity contribution < 1.29 is 14.3 Å². The van der Waals surface area contributed by atoms with Gasteiger partial charge >= 0.3 is 0 Å². The molecule has 1 aromatic rings. The molecule has 1 aliphatic heterocycles. The number of nitrogens with two attached hydrogens (primary N) is 1. The molecule has 3 N–H and O–H groups in total. The van der Waals surface area contributed by atoms with Crippen LogP contribution in [0.1, 0.15) is 5.56 Å². The van der Waals surface area contributed by atoms with Gasteiger partial charge in [-0.05, 0) is 24.6 Å². The van der Waals surface area contributed by atoms with Gasteiger partial charge in [0.15, 0.2) is 0 Å². The molecular formula is C13H18N2O3. The molecule has 0 aliphatic carbocycles. The molecule has 0 atom stereocenters. The van der Waals surface area contributed by atoms with Crippen molar-refractivity contribution >= 4 is 11.6 Å². The van der Waals surface area contributed by atoms with Crippen LogP contribution in [0.25, 0.3) is 0 Å². The Balaban J connectivity index is 2.18. The predicted molar refractivity (Wildman–Crippen MR) is 68.7 cm³/mol. The number of carbonyl (C=O) groups is 1. The van der Waals surface area contributed by atoms with E-state index in [4.69, 9.17) is 15.2 Å². The van der Waals surface area contributed by atoms with Gasteiger partial charge in [-0.2, -0.15) is 0 Å². The largest absolute Gasteiger partial charge is 0.495 e. The van der Waals surface area contributed by atoms with Gasteiger partial charge in [-0.1, -0.05) is 6.07 Å². The lowest BCUT2D eigenvalue weighted by Gasteiger charge is -2.38. The molecule has 1 fully saturated rings. The summed E-state index contributed by atoms with van der Waals surface area (Å²) in [5.41, 5.74) is 6.79. The zero-order valence-electron chi connectivity index (χ0n) is 10.7. The Bertz CT molecular complexity index is 450. The van der Waals surface area contributed by atoms with Crippen molar-refractivity contribution in [3.05, 3.63) is 23.8 Å². The van der Waals surface area contributed by atoms with E-state index in [-0.39, 0.29) is 12.5 Å². The highest BCUT2D eigenvalue weighted by Crippen LogP contribution is 2.31. The molecule has 1 amide bonds. The van der Waals surface area contributed by atoms with Gasteiger partial charge in [0.2, 0.25) is 5.91 Å². The summed E-state index contributed by atoms with van der Waals surface area (Å²) in [4.78, 5) is 12.2. The highest BCUT2D eigenvalue weighted by atomic mass is 16.5. The predicted octanol–water partition coefficient (Wildman–Crippen LogP) is 0.917. The number of methoxy groups -OCH3 is 1. The minimum Gasteiger partial charge on any atom is -0.495 e. The van der Waals surface area contributed by atoms with Crippen LogP contribution in [-0.2, 0) is 9.53 Å². The maximum atomic E-state index is 12.2. The normalized spacial score (nSPS) is 16.8. The summed E-state index contributed by atoms with van der Waals surface area (Å²) in [5.74, 6) is 0.529. The fourth-order valence-corrected chi connectivity index (χ4v) is 1.86. The number of amides is 1. The van der Waals surface area contributed by atoms with Crippen LogP contribution in [0.4, 0.5) is 5.69 Å². The first-order valence-electron chi connectivity index (χ1n) is 5.85. The number of rotatable bonds is 4. The molecule has 98 valence electrons. The van der Waals surface area contributed by atoms with Crippen molar-refractivity contribution in [3.8, 4) is 5.75 Å². The summed E-state index contributed by atoms with van der Waals surface area (Å²) in [6, 6.07) is 5.64. The van der Waals surface area contributed by atoms with Crippen molar-refractivity contribution in [2.75, 3.05) is 32.2 Å². The standard InChI is InChI=1S/C13H18N2O3/c1-9-3-4-11(17-2)10(5-9)15-12(16)13(6-14)7-18-8-13/h3-5H,6-8,14H2,1-2H3,(H,15,16). The average Bonchev–Trinajstić information content (AvgIpc) is 2.28. The van der Waals surface area contributed by atoms with Gasteiger partial charge in [-0.3, -0.25) is 4.79 Å². The molecule has 2 rings (SSSR count). The molecule has 0 spiro atoms. The second-order valence-corrected chi connectivity index (χ2v) is 4.64. The molecule has 1 heterocycles. The lowest BCUT2D eigenvalue weighted by Crippen LogP contribution is -2.56. The van der Waals surface area contributed by atoms with E-state index in [0.717, 1.165) is 5.56 Å².